The molecule has 0 aliphatic carbocycles. The Morgan fingerprint density at radius 1 is 1.11 bits per heavy atom. The van der Waals surface area contributed by atoms with E-state index in [2.05, 4.69) is 27.1 Å². The number of alkyl halides is 2. The summed E-state index contributed by atoms with van der Waals surface area (Å²) in [6.45, 7) is 5.74. The molecule has 5 rings (SSSR count). The summed E-state index contributed by atoms with van der Waals surface area (Å²) in [5.74, 6) is -1.06. The molecule has 1 saturated heterocycles. The maximum absolute atomic E-state index is 13.5. The van der Waals surface area contributed by atoms with Gasteiger partial charge < -0.3 is 9.32 Å². The lowest BCUT2D eigenvalue weighted by Gasteiger charge is -2.38. The second-order valence-electron chi connectivity index (χ2n) is 9.99. The highest BCUT2D eigenvalue weighted by atomic mass is 19.3. The van der Waals surface area contributed by atoms with Crippen LogP contribution in [0.1, 0.15) is 72.1 Å². The standard InChI is InChI=1S/C26H27F2N5O3/c1-26(2)20-12-16(15-8-10-32(3)11-9-15)5-7-19(20)24(34)33(25(26)35)14-18-6-4-17(13-29-18)22-30-31-23(36-22)21(27)28/h4-7,12-13,15,21H,8-11,14H2,1-3H3. The molecule has 0 unspecified atom stereocenters. The minimum Gasteiger partial charge on any atom is -0.415 e. The highest BCUT2D eigenvalue weighted by Gasteiger charge is 2.44. The largest absolute Gasteiger partial charge is 0.415 e. The number of rotatable bonds is 5. The van der Waals surface area contributed by atoms with Gasteiger partial charge in [0.15, 0.2) is 0 Å². The van der Waals surface area contributed by atoms with Crippen molar-refractivity contribution >= 4 is 11.8 Å². The molecule has 2 aromatic heterocycles. The molecule has 1 aromatic carbocycles. The van der Waals surface area contributed by atoms with Crippen molar-refractivity contribution in [3.05, 3.63) is 64.8 Å². The van der Waals surface area contributed by atoms with Gasteiger partial charge in [-0.2, -0.15) is 8.78 Å². The average Bonchev–Trinajstić information content (AvgIpc) is 3.37. The maximum atomic E-state index is 13.5. The zero-order valence-corrected chi connectivity index (χ0v) is 20.4. The first-order valence-corrected chi connectivity index (χ1v) is 11.9. The van der Waals surface area contributed by atoms with Gasteiger partial charge in [-0.15, -0.1) is 10.2 Å². The fourth-order valence-electron chi connectivity index (χ4n) is 4.94. The van der Waals surface area contributed by atoms with Crippen LogP contribution >= 0.6 is 0 Å². The Kier molecular flexibility index (Phi) is 6.15. The molecule has 3 aromatic rings. The number of fused-ring (bicyclic) bond motifs is 1. The number of imide groups is 1. The summed E-state index contributed by atoms with van der Waals surface area (Å²) in [7, 11) is 2.12. The fraction of sp³-hybridized carbons (Fsp3) is 0.423. The smallest absolute Gasteiger partial charge is 0.314 e. The highest BCUT2D eigenvalue weighted by Crippen LogP contribution is 2.38. The molecule has 4 heterocycles. The molecular weight excluding hydrogens is 468 g/mol. The number of carbonyl (C=O) groups excluding carboxylic acids is 2. The first kappa shape index (κ1) is 24.2. The van der Waals surface area contributed by atoms with E-state index in [1.165, 1.54) is 16.7 Å². The zero-order valence-electron chi connectivity index (χ0n) is 20.4. The van der Waals surface area contributed by atoms with Crippen LogP contribution < -0.4 is 0 Å². The third-order valence-corrected chi connectivity index (χ3v) is 7.18. The molecule has 0 spiro atoms. The first-order chi connectivity index (χ1) is 17.1. The van der Waals surface area contributed by atoms with E-state index in [4.69, 9.17) is 4.42 Å². The van der Waals surface area contributed by atoms with E-state index < -0.39 is 17.7 Å². The van der Waals surface area contributed by atoms with E-state index in [0.717, 1.165) is 31.5 Å². The van der Waals surface area contributed by atoms with Crippen LogP contribution in [-0.4, -0.2) is 56.9 Å². The van der Waals surface area contributed by atoms with Gasteiger partial charge in [0.05, 0.1) is 23.2 Å². The lowest BCUT2D eigenvalue weighted by molar-refractivity contribution is -0.134. The number of carbonyl (C=O) groups is 2. The van der Waals surface area contributed by atoms with Crippen LogP contribution in [0.25, 0.3) is 11.5 Å². The van der Waals surface area contributed by atoms with Crippen LogP contribution in [0.2, 0.25) is 0 Å². The number of benzene rings is 1. The number of pyridine rings is 1. The monoisotopic (exact) mass is 495 g/mol. The van der Waals surface area contributed by atoms with Crippen molar-refractivity contribution in [2.75, 3.05) is 20.1 Å². The predicted molar refractivity (Wildman–Crippen MR) is 126 cm³/mol. The second kappa shape index (κ2) is 9.16. The van der Waals surface area contributed by atoms with Crippen molar-refractivity contribution in [1.82, 2.24) is 25.0 Å². The predicted octanol–water partition coefficient (Wildman–Crippen LogP) is 4.34. The number of hydrogen-bond donors (Lipinski definition) is 0. The molecule has 1 fully saturated rings. The lowest BCUT2D eigenvalue weighted by Crippen LogP contribution is -2.51. The first-order valence-electron chi connectivity index (χ1n) is 11.9. The number of nitrogens with zero attached hydrogens (tertiary/aromatic N) is 5. The van der Waals surface area contributed by atoms with Gasteiger partial charge in [-0.3, -0.25) is 19.5 Å². The molecule has 2 aliphatic heterocycles. The molecular formula is C26H27F2N5O3. The summed E-state index contributed by atoms with van der Waals surface area (Å²) < 4.78 is 30.4. The summed E-state index contributed by atoms with van der Waals surface area (Å²) in [6, 6.07) is 9.09. The normalized spacial score (nSPS) is 18.7. The molecule has 188 valence electrons. The van der Waals surface area contributed by atoms with Crippen molar-refractivity contribution in [2.24, 2.45) is 0 Å². The van der Waals surface area contributed by atoms with Crippen molar-refractivity contribution in [3.63, 3.8) is 0 Å². The van der Waals surface area contributed by atoms with Crippen LogP contribution in [0.5, 0.6) is 0 Å². The number of likely N-dealkylation sites (tertiary alicyclic amines) is 1. The van der Waals surface area contributed by atoms with E-state index in [1.807, 2.05) is 32.0 Å². The topological polar surface area (TPSA) is 92.4 Å². The van der Waals surface area contributed by atoms with Crippen molar-refractivity contribution in [3.8, 4) is 11.5 Å². The third kappa shape index (κ3) is 4.30. The quantitative estimate of drug-likeness (QED) is 0.486. The van der Waals surface area contributed by atoms with Gasteiger partial charge in [-0.05, 0) is 82.1 Å². The number of hydrogen-bond acceptors (Lipinski definition) is 7. The Bertz CT molecular complexity index is 1300. The van der Waals surface area contributed by atoms with E-state index in [9.17, 15) is 18.4 Å². The Labute approximate surface area is 207 Å². The summed E-state index contributed by atoms with van der Waals surface area (Å²) in [6.07, 6.45) is 0.641. The molecule has 0 radical (unpaired) electrons. The molecule has 0 bridgehead atoms. The van der Waals surface area contributed by atoms with Crippen LogP contribution in [0, 0.1) is 0 Å². The van der Waals surface area contributed by atoms with E-state index in [-0.39, 0.29) is 24.2 Å². The highest BCUT2D eigenvalue weighted by molar-refractivity contribution is 6.12. The zero-order chi connectivity index (χ0) is 25.6. The van der Waals surface area contributed by atoms with E-state index in [1.54, 1.807) is 12.1 Å². The van der Waals surface area contributed by atoms with Gasteiger partial charge >= 0.3 is 6.43 Å². The molecule has 10 heteroatoms. The Morgan fingerprint density at radius 2 is 1.86 bits per heavy atom. The number of aromatic nitrogens is 3. The van der Waals surface area contributed by atoms with Gasteiger partial charge in [0.2, 0.25) is 11.8 Å². The second-order valence-corrected chi connectivity index (χ2v) is 9.99. The van der Waals surface area contributed by atoms with Crippen LogP contribution in [0.15, 0.2) is 40.9 Å². The SMILES string of the molecule is CN1CCC(c2ccc3c(c2)C(C)(C)C(=O)N(Cc2ccc(-c4nnc(C(F)F)o4)cn2)C3=O)CC1. The van der Waals surface area contributed by atoms with Gasteiger partial charge in [0.1, 0.15) is 0 Å². The van der Waals surface area contributed by atoms with Crippen molar-refractivity contribution in [2.45, 2.75) is 51.0 Å². The van der Waals surface area contributed by atoms with Gasteiger partial charge in [-0.1, -0.05) is 12.1 Å². The van der Waals surface area contributed by atoms with Gasteiger partial charge in [0, 0.05) is 11.8 Å². The third-order valence-electron chi connectivity index (χ3n) is 7.18. The van der Waals surface area contributed by atoms with Gasteiger partial charge in [0.25, 0.3) is 11.8 Å². The molecule has 36 heavy (non-hydrogen) atoms. The van der Waals surface area contributed by atoms with E-state index >= 15 is 0 Å². The summed E-state index contributed by atoms with van der Waals surface area (Å²) in [5.41, 5.74) is 2.42. The minimum absolute atomic E-state index is 0.0103. The molecule has 0 N–H and O–H groups in total. The van der Waals surface area contributed by atoms with Crippen molar-refractivity contribution < 1.29 is 22.8 Å². The molecule has 2 amide bonds. The minimum atomic E-state index is -2.86. The molecule has 0 saturated carbocycles. The average molecular weight is 496 g/mol. The van der Waals surface area contributed by atoms with Gasteiger partial charge in [-0.25, -0.2) is 0 Å². The Balaban J connectivity index is 1.37. The number of amides is 2. The fourth-order valence-corrected chi connectivity index (χ4v) is 4.94. The number of halogens is 2. The molecule has 0 atom stereocenters. The molecule has 2 aliphatic rings. The van der Waals surface area contributed by atoms with Crippen LogP contribution in [0.3, 0.4) is 0 Å². The Morgan fingerprint density at radius 3 is 2.50 bits per heavy atom. The number of piperidine rings is 1. The molecule has 8 nitrogen and oxygen atoms in total. The van der Waals surface area contributed by atoms with Crippen LogP contribution in [-0.2, 0) is 16.8 Å². The lowest BCUT2D eigenvalue weighted by atomic mass is 9.75. The maximum Gasteiger partial charge on any atom is 0.314 e. The van der Waals surface area contributed by atoms with Crippen molar-refractivity contribution in [1.29, 1.82) is 0 Å². The summed E-state index contributed by atoms with van der Waals surface area (Å²) in [5, 5.41) is 6.92. The van der Waals surface area contributed by atoms with E-state index in [0.29, 0.717) is 22.7 Å². The summed E-state index contributed by atoms with van der Waals surface area (Å²) >= 11 is 0. The summed E-state index contributed by atoms with van der Waals surface area (Å²) in [4.78, 5) is 34.7. The van der Waals surface area contributed by atoms with Crippen LogP contribution in [0.4, 0.5) is 8.78 Å². The Hall–Kier alpha value is -3.53.